The number of piperazine rings is 1. The van der Waals surface area contributed by atoms with Gasteiger partial charge in [-0.2, -0.15) is 4.31 Å². The summed E-state index contributed by atoms with van der Waals surface area (Å²) in [5.74, 6) is 0. The highest BCUT2D eigenvalue weighted by molar-refractivity contribution is 9.10. The maximum absolute atomic E-state index is 12.9. The number of sulfonamides is 1. The van der Waals surface area contributed by atoms with Crippen LogP contribution in [0.1, 0.15) is 6.42 Å². The number of benzene rings is 2. The van der Waals surface area contributed by atoms with Crippen LogP contribution in [0.3, 0.4) is 0 Å². The lowest BCUT2D eigenvalue weighted by molar-refractivity contribution is 0.182. The number of hydrogen-bond acceptors (Lipinski definition) is 5. The first-order chi connectivity index (χ1) is 15.3. The summed E-state index contributed by atoms with van der Waals surface area (Å²) >= 11 is 3.33. The van der Waals surface area contributed by atoms with Gasteiger partial charge in [0.25, 0.3) is 11.1 Å². The van der Waals surface area contributed by atoms with Crippen LogP contribution in [-0.2, 0) is 23.6 Å². The standard InChI is InChI=1S/C22H25BrN4O4S/c1-24-21(28)19-8-2-3-9-20(19)22(29)27(24)11-5-10-25-12-14-26(15-13-25)32(30,31)18-7-4-6-17(23)16-18/h2-4,6-9,16H,5,10-15H2,1H3. The van der Waals surface area contributed by atoms with Crippen LogP contribution < -0.4 is 11.1 Å². The zero-order valence-corrected chi connectivity index (χ0v) is 20.2. The van der Waals surface area contributed by atoms with E-state index >= 15 is 0 Å². The first kappa shape index (κ1) is 22.9. The molecule has 0 unspecified atom stereocenters. The second-order valence-corrected chi connectivity index (χ2v) is 10.7. The summed E-state index contributed by atoms with van der Waals surface area (Å²) in [6.45, 7) is 3.23. The number of rotatable bonds is 6. The molecule has 2 aromatic carbocycles. The van der Waals surface area contributed by atoms with Gasteiger partial charge in [-0.05, 0) is 36.8 Å². The third kappa shape index (κ3) is 4.45. The summed E-state index contributed by atoms with van der Waals surface area (Å²) in [6.07, 6.45) is 0.684. The van der Waals surface area contributed by atoms with Crippen LogP contribution in [0, 0.1) is 0 Å². The molecule has 0 N–H and O–H groups in total. The van der Waals surface area contributed by atoms with Gasteiger partial charge in [0.05, 0.1) is 15.7 Å². The second kappa shape index (κ2) is 9.30. The van der Waals surface area contributed by atoms with Crippen molar-refractivity contribution in [2.45, 2.75) is 17.9 Å². The molecule has 1 fully saturated rings. The van der Waals surface area contributed by atoms with Crippen molar-refractivity contribution in [2.24, 2.45) is 7.05 Å². The maximum Gasteiger partial charge on any atom is 0.273 e. The minimum atomic E-state index is -3.52. The van der Waals surface area contributed by atoms with Crippen molar-refractivity contribution < 1.29 is 8.42 Å². The van der Waals surface area contributed by atoms with E-state index in [1.165, 1.54) is 13.7 Å². The lowest BCUT2D eigenvalue weighted by Gasteiger charge is -2.34. The summed E-state index contributed by atoms with van der Waals surface area (Å²) < 4.78 is 30.9. The Morgan fingerprint density at radius 1 is 0.875 bits per heavy atom. The molecule has 3 aromatic rings. The van der Waals surface area contributed by atoms with E-state index in [1.807, 2.05) is 0 Å². The molecule has 170 valence electrons. The molecule has 0 atom stereocenters. The van der Waals surface area contributed by atoms with Crippen LogP contribution >= 0.6 is 15.9 Å². The smallest absolute Gasteiger partial charge is 0.273 e. The van der Waals surface area contributed by atoms with E-state index in [1.54, 1.807) is 55.6 Å². The maximum atomic E-state index is 12.9. The lowest BCUT2D eigenvalue weighted by Crippen LogP contribution is -2.49. The Bertz CT molecular complexity index is 1360. The molecule has 2 heterocycles. The molecule has 8 nitrogen and oxygen atoms in total. The molecular formula is C22H25BrN4O4S. The fourth-order valence-corrected chi connectivity index (χ4v) is 6.10. The average Bonchev–Trinajstić information content (AvgIpc) is 2.80. The van der Waals surface area contributed by atoms with Gasteiger partial charge in [-0.1, -0.05) is 34.1 Å². The number of fused-ring (bicyclic) bond motifs is 1. The first-order valence-electron chi connectivity index (χ1n) is 10.5. The van der Waals surface area contributed by atoms with Crippen LogP contribution in [-0.4, -0.2) is 59.7 Å². The van der Waals surface area contributed by atoms with Gasteiger partial charge in [0.1, 0.15) is 0 Å². The molecule has 1 aliphatic rings. The normalized spacial score (nSPS) is 15.9. The molecule has 1 aromatic heterocycles. The van der Waals surface area contributed by atoms with Gasteiger partial charge in [-0.25, -0.2) is 13.1 Å². The Balaban J connectivity index is 1.37. The van der Waals surface area contributed by atoms with Crippen LogP contribution in [0.5, 0.6) is 0 Å². The Morgan fingerprint density at radius 2 is 1.53 bits per heavy atom. The Kier molecular flexibility index (Phi) is 6.66. The van der Waals surface area contributed by atoms with Crippen molar-refractivity contribution in [3.05, 3.63) is 73.7 Å². The highest BCUT2D eigenvalue weighted by atomic mass is 79.9. The average molecular weight is 521 g/mol. The molecule has 32 heavy (non-hydrogen) atoms. The monoisotopic (exact) mass is 520 g/mol. The molecular weight excluding hydrogens is 496 g/mol. The van der Waals surface area contributed by atoms with E-state index in [2.05, 4.69) is 20.8 Å². The van der Waals surface area contributed by atoms with Crippen molar-refractivity contribution >= 4 is 36.7 Å². The van der Waals surface area contributed by atoms with E-state index in [0.717, 1.165) is 11.0 Å². The van der Waals surface area contributed by atoms with Crippen molar-refractivity contribution in [3.8, 4) is 0 Å². The van der Waals surface area contributed by atoms with E-state index in [4.69, 9.17) is 0 Å². The van der Waals surface area contributed by atoms with Crippen molar-refractivity contribution in [2.75, 3.05) is 32.7 Å². The summed E-state index contributed by atoms with van der Waals surface area (Å²) in [6, 6.07) is 13.6. The predicted molar refractivity (Wildman–Crippen MR) is 127 cm³/mol. The highest BCUT2D eigenvalue weighted by Crippen LogP contribution is 2.21. The topological polar surface area (TPSA) is 84.6 Å². The minimum Gasteiger partial charge on any atom is -0.301 e. The van der Waals surface area contributed by atoms with E-state index in [-0.39, 0.29) is 16.0 Å². The van der Waals surface area contributed by atoms with Gasteiger partial charge in [0, 0.05) is 50.8 Å². The Hall–Kier alpha value is -2.27. The minimum absolute atomic E-state index is 0.173. The predicted octanol–water partition coefficient (Wildman–Crippen LogP) is 1.86. The fourth-order valence-electron chi connectivity index (χ4n) is 4.08. The molecule has 0 radical (unpaired) electrons. The number of halogens is 1. The van der Waals surface area contributed by atoms with Crippen molar-refractivity contribution in [1.29, 1.82) is 0 Å². The quantitative estimate of drug-likeness (QED) is 0.495. The van der Waals surface area contributed by atoms with Crippen LogP contribution in [0.25, 0.3) is 10.8 Å². The zero-order valence-electron chi connectivity index (χ0n) is 17.8. The number of aromatic nitrogens is 2. The summed E-state index contributed by atoms with van der Waals surface area (Å²) in [4.78, 5) is 27.9. The molecule has 0 bridgehead atoms. The van der Waals surface area contributed by atoms with Crippen molar-refractivity contribution in [1.82, 2.24) is 18.6 Å². The first-order valence-corrected chi connectivity index (χ1v) is 12.7. The van der Waals surface area contributed by atoms with Gasteiger partial charge < -0.3 is 4.90 Å². The second-order valence-electron chi connectivity index (χ2n) is 7.86. The lowest BCUT2D eigenvalue weighted by atomic mass is 10.2. The summed E-state index contributed by atoms with van der Waals surface area (Å²) in [5, 5.41) is 0.862. The molecule has 0 spiro atoms. The Labute approximate surface area is 194 Å². The molecule has 0 aliphatic carbocycles. The summed E-state index contributed by atoms with van der Waals surface area (Å²) in [5.41, 5.74) is -0.362. The summed E-state index contributed by atoms with van der Waals surface area (Å²) in [7, 11) is -1.90. The van der Waals surface area contributed by atoms with Crippen LogP contribution in [0.4, 0.5) is 0 Å². The molecule has 0 saturated carbocycles. The molecule has 4 rings (SSSR count). The van der Waals surface area contributed by atoms with E-state index in [0.29, 0.717) is 49.9 Å². The van der Waals surface area contributed by atoms with E-state index < -0.39 is 10.0 Å². The van der Waals surface area contributed by atoms with Crippen LogP contribution in [0.2, 0.25) is 0 Å². The zero-order chi connectivity index (χ0) is 22.9. The van der Waals surface area contributed by atoms with E-state index in [9.17, 15) is 18.0 Å². The third-order valence-corrected chi connectivity index (χ3v) is 8.28. The molecule has 0 amide bonds. The SMILES string of the molecule is Cn1c(=O)c2ccccc2c(=O)n1CCCN1CCN(S(=O)(=O)c2cccc(Br)c2)CC1. The Morgan fingerprint density at radius 3 is 2.19 bits per heavy atom. The van der Waals surface area contributed by atoms with Crippen LogP contribution in [0.15, 0.2) is 67.5 Å². The fraction of sp³-hybridized carbons (Fsp3) is 0.364. The highest BCUT2D eigenvalue weighted by Gasteiger charge is 2.28. The molecule has 1 aliphatic heterocycles. The van der Waals surface area contributed by atoms with Gasteiger partial charge in [0.2, 0.25) is 10.0 Å². The molecule has 1 saturated heterocycles. The number of hydrogen-bond donors (Lipinski definition) is 0. The third-order valence-electron chi connectivity index (χ3n) is 5.89. The molecule has 10 heteroatoms. The van der Waals surface area contributed by atoms with Crippen molar-refractivity contribution in [3.63, 3.8) is 0 Å². The number of nitrogens with zero attached hydrogens (tertiary/aromatic N) is 4. The largest absolute Gasteiger partial charge is 0.301 e. The van der Waals surface area contributed by atoms with Gasteiger partial charge in [-0.15, -0.1) is 0 Å². The van der Waals surface area contributed by atoms with Gasteiger partial charge >= 0.3 is 0 Å². The van der Waals surface area contributed by atoms with Gasteiger partial charge in [-0.3, -0.25) is 14.3 Å². The van der Waals surface area contributed by atoms with Gasteiger partial charge in [0.15, 0.2) is 0 Å².